The van der Waals surface area contributed by atoms with Crippen LogP contribution in [0.25, 0.3) is 16.7 Å². The van der Waals surface area contributed by atoms with Gasteiger partial charge in [-0.25, -0.2) is 9.78 Å². The van der Waals surface area contributed by atoms with Crippen LogP contribution in [0.5, 0.6) is 0 Å². The van der Waals surface area contributed by atoms with E-state index in [2.05, 4.69) is 63.1 Å². The molecule has 2 fully saturated rings. The Bertz CT molecular complexity index is 1450. The highest BCUT2D eigenvalue weighted by Crippen LogP contribution is 2.52. The predicted molar refractivity (Wildman–Crippen MR) is 166 cm³/mol. The summed E-state index contributed by atoms with van der Waals surface area (Å²) in [5.74, 6) is 1.60. The number of anilines is 2. The molecule has 1 saturated heterocycles. The summed E-state index contributed by atoms with van der Waals surface area (Å²) in [5, 5.41) is 18.1. The SMILES string of the molecule is CCCOC(=O)NC1CC1(C(=O)NCCCCNc1nc2cc(N3C[C@@H](C)O[C@@H](C)C3)ccc2n2c(C)nnc12)C(C)C. The molecule has 0 radical (unpaired) electrons. The Morgan fingerprint density at radius 3 is 2.60 bits per heavy atom. The van der Waals surface area contributed by atoms with Crippen LogP contribution in [0.2, 0.25) is 0 Å². The monoisotopic (exact) mass is 594 g/mol. The molecule has 1 saturated carbocycles. The highest BCUT2D eigenvalue weighted by Gasteiger charge is 2.62. The van der Waals surface area contributed by atoms with Crippen LogP contribution >= 0.6 is 0 Å². The van der Waals surface area contributed by atoms with E-state index in [1.165, 1.54) is 0 Å². The Balaban J connectivity index is 1.17. The van der Waals surface area contributed by atoms with Crippen molar-refractivity contribution in [2.75, 3.05) is 43.0 Å². The number of alkyl carbamates (subject to hydrolysis) is 1. The number of hydrogen-bond acceptors (Lipinski definition) is 9. The zero-order valence-corrected chi connectivity index (χ0v) is 26.3. The van der Waals surface area contributed by atoms with Gasteiger partial charge in [-0.05, 0) is 70.6 Å². The smallest absolute Gasteiger partial charge is 0.407 e. The summed E-state index contributed by atoms with van der Waals surface area (Å²) in [6, 6.07) is 6.17. The summed E-state index contributed by atoms with van der Waals surface area (Å²) >= 11 is 0. The molecule has 3 heterocycles. The van der Waals surface area contributed by atoms with Gasteiger partial charge in [-0.2, -0.15) is 0 Å². The lowest BCUT2D eigenvalue weighted by atomic mass is 9.90. The number of nitrogens with zero attached hydrogens (tertiary/aromatic N) is 5. The maximum absolute atomic E-state index is 13.1. The van der Waals surface area contributed by atoms with Gasteiger partial charge in [-0.3, -0.25) is 9.20 Å². The van der Waals surface area contributed by atoms with E-state index < -0.39 is 11.5 Å². The van der Waals surface area contributed by atoms with Gasteiger partial charge in [0, 0.05) is 37.9 Å². The average Bonchev–Trinajstić information content (AvgIpc) is 3.57. The number of benzene rings is 1. The number of ether oxygens (including phenoxy) is 2. The second-order valence-corrected chi connectivity index (χ2v) is 12.3. The molecule has 0 spiro atoms. The van der Waals surface area contributed by atoms with E-state index in [-0.39, 0.29) is 30.1 Å². The molecule has 5 rings (SSSR count). The summed E-state index contributed by atoms with van der Waals surface area (Å²) in [6.45, 7) is 15.4. The van der Waals surface area contributed by atoms with Gasteiger partial charge >= 0.3 is 6.09 Å². The fourth-order valence-electron chi connectivity index (χ4n) is 6.28. The van der Waals surface area contributed by atoms with E-state index in [1.807, 2.05) is 32.1 Å². The van der Waals surface area contributed by atoms with Crippen molar-refractivity contribution in [2.24, 2.45) is 11.3 Å². The van der Waals surface area contributed by atoms with Crippen LogP contribution in [-0.4, -0.2) is 82.6 Å². The van der Waals surface area contributed by atoms with E-state index in [1.54, 1.807) is 0 Å². The number of morpholine rings is 1. The first-order chi connectivity index (χ1) is 20.6. The zero-order chi connectivity index (χ0) is 30.7. The number of nitrogens with one attached hydrogen (secondary N) is 3. The third-order valence-electron chi connectivity index (χ3n) is 8.62. The topological polar surface area (TPSA) is 135 Å². The normalized spacial score (nSPS) is 23.5. The zero-order valence-electron chi connectivity index (χ0n) is 26.3. The highest BCUT2D eigenvalue weighted by molar-refractivity contribution is 5.88. The first kappa shape index (κ1) is 30.8. The molecular formula is C31H46N8O4. The summed E-state index contributed by atoms with van der Waals surface area (Å²) in [7, 11) is 0. The van der Waals surface area contributed by atoms with Gasteiger partial charge < -0.3 is 30.3 Å². The molecule has 2 aromatic heterocycles. The first-order valence-electron chi connectivity index (χ1n) is 15.6. The van der Waals surface area contributed by atoms with Gasteiger partial charge in [0.2, 0.25) is 11.6 Å². The van der Waals surface area contributed by atoms with Crippen LogP contribution in [0.15, 0.2) is 18.2 Å². The van der Waals surface area contributed by atoms with Gasteiger partial charge in [0.25, 0.3) is 0 Å². The molecule has 4 atom stereocenters. The molecule has 0 bridgehead atoms. The molecule has 12 nitrogen and oxygen atoms in total. The highest BCUT2D eigenvalue weighted by atomic mass is 16.5. The van der Waals surface area contributed by atoms with Gasteiger partial charge in [-0.1, -0.05) is 20.8 Å². The Morgan fingerprint density at radius 2 is 1.88 bits per heavy atom. The molecule has 2 unspecified atom stereocenters. The molecule has 3 aromatic rings. The van der Waals surface area contributed by atoms with E-state index in [0.717, 1.165) is 54.9 Å². The van der Waals surface area contributed by atoms with E-state index in [4.69, 9.17) is 14.5 Å². The molecule has 12 heteroatoms. The molecule has 43 heavy (non-hydrogen) atoms. The quantitative estimate of drug-likeness (QED) is 0.265. The van der Waals surface area contributed by atoms with E-state index in [0.29, 0.717) is 37.6 Å². The summed E-state index contributed by atoms with van der Waals surface area (Å²) < 4.78 is 13.1. The van der Waals surface area contributed by atoms with Crippen LogP contribution in [0.3, 0.4) is 0 Å². The molecular weight excluding hydrogens is 548 g/mol. The van der Waals surface area contributed by atoms with Crippen molar-refractivity contribution in [3.05, 3.63) is 24.0 Å². The second kappa shape index (κ2) is 12.9. The van der Waals surface area contributed by atoms with Gasteiger partial charge in [0.05, 0.1) is 35.3 Å². The lowest BCUT2D eigenvalue weighted by molar-refractivity contribution is -0.128. The Morgan fingerprint density at radius 1 is 1.14 bits per heavy atom. The van der Waals surface area contributed by atoms with Crippen LogP contribution in [0, 0.1) is 18.3 Å². The van der Waals surface area contributed by atoms with E-state index >= 15 is 0 Å². The number of amides is 2. The van der Waals surface area contributed by atoms with Gasteiger partial charge in [-0.15, -0.1) is 10.2 Å². The molecule has 1 aliphatic heterocycles. The van der Waals surface area contributed by atoms with Crippen LogP contribution < -0.4 is 20.9 Å². The number of aryl methyl sites for hydroxylation is 1. The Kier molecular flexibility index (Phi) is 9.24. The predicted octanol–water partition coefficient (Wildman–Crippen LogP) is 4.06. The third kappa shape index (κ3) is 6.48. The van der Waals surface area contributed by atoms with Gasteiger partial charge in [0.15, 0.2) is 5.82 Å². The average molecular weight is 595 g/mol. The van der Waals surface area contributed by atoms with Gasteiger partial charge in [0.1, 0.15) is 5.82 Å². The lowest BCUT2D eigenvalue weighted by Crippen LogP contribution is -2.45. The van der Waals surface area contributed by atoms with Crippen LogP contribution in [0.1, 0.15) is 66.1 Å². The van der Waals surface area contributed by atoms with Crippen molar-refractivity contribution in [1.29, 1.82) is 0 Å². The largest absolute Gasteiger partial charge is 0.450 e. The van der Waals surface area contributed by atoms with Crippen molar-refractivity contribution in [3.63, 3.8) is 0 Å². The molecule has 3 N–H and O–H groups in total. The maximum atomic E-state index is 13.1. The standard InChI is InChI=1S/C31H46N8O4/c1-7-14-42-30(41)35-26-16-31(26,19(2)3)29(40)33-13-9-8-12-32-27-28-37-36-22(6)39(28)25-11-10-23(15-24(25)34-27)38-17-20(4)43-21(5)18-38/h10-11,15,19-21,26H,7-9,12-14,16-18H2,1-6H3,(H,32,34)(H,33,40)(H,35,41)/t20-,21+,26?,31?. The fourth-order valence-corrected chi connectivity index (χ4v) is 6.28. The van der Waals surface area contributed by atoms with Crippen LogP contribution in [0.4, 0.5) is 16.3 Å². The first-order valence-corrected chi connectivity index (χ1v) is 15.6. The van der Waals surface area contributed by atoms with Crippen molar-refractivity contribution in [3.8, 4) is 0 Å². The number of rotatable bonds is 12. The second-order valence-electron chi connectivity index (χ2n) is 12.3. The molecule has 1 aliphatic carbocycles. The van der Waals surface area contributed by atoms with Crippen molar-refractivity contribution in [2.45, 2.75) is 85.5 Å². The number of aromatic nitrogens is 4. The molecule has 234 valence electrons. The Labute approximate surface area is 253 Å². The minimum absolute atomic E-state index is 0.00653. The van der Waals surface area contributed by atoms with Crippen molar-refractivity contribution >= 4 is 40.2 Å². The lowest BCUT2D eigenvalue weighted by Gasteiger charge is -2.36. The number of unbranched alkanes of at least 4 members (excludes halogenated alkanes) is 1. The summed E-state index contributed by atoms with van der Waals surface area (Å²) in [4.78, 5) is 32.4. The minimum atomic E-state index is -0.578. The summed E-state index contributed by atoms with van der Waals surface area (Å²) in [6.07, 6.45) is 2.92. The molecule has 2 aliphatic rings. The summed E-state index contributed by atoms with van der Waals surface area (Å²) in [5.41, 5.74) is 3.09. The Hall–Kier alpha value is -3.67. The van der Waals surface area contributed by atoms with E-state index in [9.17, 15) is 9.59 Å². The fraction of sp³-hybridized carbons (Fsp3) is 0.645. The number of carbonyl (C=O) groups is 2. The number of carbonyl (C=O) groups excluding carboxylic acids is 2. The minimum Gasteiger partial charge on any atom is -0.450 e. The van der Waals surface area contributed by atoms with Crippen LogP contribution in [-0.2, 0) is 14.3 Å². The molecule has 2 amide bonds. The number of hydrogen-bond donors (Lipinski definition) is 3. The molecule has 1 aromatic carbocycles. The maximum Gasteiger partial charge on any atom is 0.407 e. The van der Waals surface area contributed by atoms with Crippen molar-refractivity contribution < 1.29 is 19.1 Å². The number of fused-ring (bicyclic) bond motifs is 3. The van der Waals surface area contributed by atoms with Crippen molar-refractivity contribution in [1.82, 2.24) is 30.2 Å². The third-order valence-corrected chi connectivity index (χ3v) is 8.62.